The molecule has 16 heavy (non-hydrogen) atoms. The molecule has 0 spiro atoms. The summed E-state index contributed by atoms with van der Waals surface area (Å²) in [6, 6.07) is 8.25. The van der Waals surface area contributed by atoms with Crippen LogP contribution in [-0.4, -0.2) is 16.3 Å². The fraction of sp³-hybridized carbons (Fsp3) is 0.154. The number of aryl methyl sites for hydroxylation is 1. The van der Waals surface area contributed by atoms with Crippen molar-refractivity contribution in [2.24, 2.45) is 0 Å². The quantitative estimate of drug-likeness (QED) is 0.732. The Kier molecular flexibility index (Phi) is 3.05. The average molecular weight is 212 g/mol. The van der Waals surface area contributed by atoms with Gasteiger partial charge in [-0.3, -0.25) is 4.79 Å². The van der Waals surface area contributed by atoms with Gasteiger partial charge in [0, 0.05) is 18.8 Å². The molecule has 1 aromatic heterocycles. The first-order chi connectivity index (χ1) is 7.78. The van der Waals surface area contributed by atoms with Crippen molar-refractivity contribution < 1.29 is 4.79 Å². The van der Waals surface area contributed by atoms with E-state index in [9.17, 15) is 4.79 Å². The third-order valence-electron chi connectivity index (χ3n) is 2.34. The molecule has 0 atom stereocenters. The molecule has 3 nitrogen and oxygen atoms in total. The van der Waals surface area contributed by atoms with Gasteiger partial charge in [0.25, 0.3) is 0 Å². The molecule has 2 aromatic rings. The number of hydrogen-bond donors (Lipinski definition) is 0. The lowest BCUT2D eigenvalue weighted by Crippen LogP contribution is -1.97. The van der Waals surface area contributed by atoms with Crippen LogP contribution >= 0.6 is 0 Å². The van der Waals surface area contributed by atoms with Crippen LogP contribution in [0.5, 0.6) is 0 Å². The average Bonchev–Trinajstić information content (AvgIpc) is 2.33. The molecule has 2 rings (SSSR count). The van der Waals surface area contributed by atoms with Crippen molar-refractivity contribution in [3.63, 3.8) is 0 Å². The molecule has 0 aliphatic rings. The first-order valence-corrected chi connectivity index (χ1v) is 5.09. The predicted molar refractivity (Wildman–Crippen MR) is 61.4 cm³/mol. The van der Waals surface area contributed by atoms with Gasteiger partial charge in [-0.05, 0) is 12.5 Å². The Hall–Kier alpha value is -2.03. The lowest BCUT2D eigenvalue weighted by Gasteiger charge is -2.01. The molecule has 80 valence electrons. The molecule has 0 aliphatic carbocycles. The molecule has 0 unspecified atom stereocenters. The van der Waals surface area contributed by atoms with Gasteiger partial charge in [0.2, 0.25) is 0 Å². The number of carbonyl (C=O) groups excluding carboxylic acids is 1. The number of aldehydes is 1. The van der Waals surface area contributed by atoms with Gasteiger partial charge in [0.05, 0.1) is 5.56 Å². The van der Waals surface area contributed by atoms with E-state index in [4.69, 9.17) is 0 Å². The minimum atomic E-state index is 0.507. The second-order valence-corrected chi connectivity index (χ2v) is 3.71. The van der Waals surface area contributed by atoms with Crippen molar-refractivity contribution in [2.75, 3.05) is 0 Å². The summed E-state index contributed by atoms with van der Waals surface area (Å²) in [6.45, 7) is 2.05. The van der Waals surface area contributed by atoms with Crippen LogP contribution in [0.15, 0.2) is 36.7 Å². The predicted octanol–water partition coefficient (Wildman–Crippen LogP) is 2.19. The smallest absolute Gasteiger partial charge is 0.153 e. The van der Waals surface area contributed by atoms with Crippen molar-refractivity contribution in [3.8, 4) is 0 Å². The maximum Gasteiger partial charge on any atom is 0.153 e. The maximum absolute atomic E-state index is 10.4. The van der Waals surface area contributed by atoms with Gasteiger partial charge in [-0.25, -0.2) is 9.97 Å². The summed E-state index contributed by atoms with van der Waals surface area (Å²) in [5, 5.41) is 0. The van der Waals surface area contributed by atoms with Crippen molar-refractivity contribution in [1.82, 2.24) is 9.97 Å². The van der Waals surface area contributed by atoms with Crippen LogP contribution in [0.3, 0.4) is 0 Å². The SMILES string of the molecule is Cc1ccc(Cc2ncc(C=O)cn2)cc1. The van der Waals surface area contributed by atoms with Gasteiger partial charge < -0.3 is 0 Å². The highest BCUT2D eigenvalue weighted by atomic mass is 16.1. The Balaban J connectivity index is 2.14. The first-order valence-electron chi connectivity index (χ1n) is 5.09. The van der Waals surface area contributed by atoms with E-state index in [2.05, 4.69) is 41.2 Å². The van der Waals surface area contributed by atoms with E-state index >= 15 is 0 Å². The Labute approximate surface area is 94.2 Å². The summed E-state index contributed by atoms with van der Waals surface area (Å²) in [5.41, 5.74) is 2.91. The third-order valence-corrected chi connectivity index (χ3v) is 2.34. The van der Waals surface area contributed by atoms with E-state index in [-0.39, 0.29) is 0 Å². The first kappa shape index (κ1) is 10.5. The molecule has 0 bridgehead atoms. The highest BCUT2D eigenvalue weighted by Gasteiger charge is 1.99. The van der Waals surface area contributed by atoms with Gasteiger partial charge in [0.1, 0.15) is 5.82 Å². The molecule has 1 heterocycles. The molecule has 0 amide bonds. The zero-order valence-corrected chi connectivity index (χ0v) is 9.05. The number of benzene rings is 1. The Bertz CT molecular complexity index is 474. The number of aromatic nitrogens is 2. The van der Waals surface area contributed by atoms with Gasteiger partial charge in [-0.1, -0.05) is 29.8 Å². The van der Waals surface area contributed by atoms with Gasteiger partial charge >= 0.3 is 0 Å². The second kappa shape index (κ2) is 4.66. The summed E-state index contributed by atoms with van der Waals surface area (Å²) >= 11 is 0. The molecule has 1 aromatic carbocycles. The monoisotopic (exact) mass is 212 g/mol. The molecule has 0 radical (unpaired) electrons. The summed E-state index contributed by atoms with van der Waals surface area (Å²) in [5.74, 6) is 0.731. The van der Waals surface area contributed by atoms with Crippen LogP contribution in [-0.2, 0) is 6.42 Å². The van der Waals surface area contributed by atoms with Gasteiger partial charge in [-0.15, -0.1) is 0 Å². The maximum atomic E-state index is 10.4. The van der Waals surface area contributed by atoms with Crippen molar-refractivity contribution in [1.29, 1.82) is 0 Å². The molecular weight excluding hydrogens is 200 g/mol. The lowest BCUT2D eigenvalue weighted by molar-refractivity contribution is 0.112. The van der Waals surface area contributed by atoms with E-state index < -0.39 is 0 Å². The zero-order valence-electron chi connectivity index (χ0n) is 9.05. The molecule has 0 N–H and O–H groups in total. The van der Waals surface area contributed by atoms with Crippen LogP contribution < -0.4 is 0 Å². The number of hydrogen-bond acceptors (Lipinski definition) is 3. The summed E-state index contributed by atoms with van der Waals surface area (Å²) in [6.07, 6.45) is 4.53. The fourth-order valence-corrected chi connectivity index (χ4v) is 1.41. The molecule has 0 fully saturated rings. The normalized spacial score (nSPS) is 10.1. The van der Waals surface area contributed by atoms with Gasteiger partial charge in [-0.2, -0.15) is 0 Å². The van der Waals surface area contributed by atoms with E-state index in [1.165, 1.54) is 11.1 Å². The van der Waals surface area contributed by atoms with E-state index in [0.29, 0.717) is 12.0 Å². The van der Waals surface area contributed by atoms with Crippen LogP contribution in [0, 0.1) is 6.92 Å². The standard InChI is InChI=1S/C13H12N2O/c1-10-2-4-11(5-3-10)6-13-14-7-12(9-16)8-15-13/h2-5,7-9H,6H2,1H3. The molecule has 0 aliphatic heterocycles. The van der Waals surface area contributed by atoms with Crippen LogP contribution in [0.25, 0.3) is 0 Å². The molecular formula is C13H12N2O. The van der Waals surface area contributed by atoms with E-state index in [1.807, 2.05) is 0 Å². The highest BCUT2D eigenvalue weighted by Crippen LogP contribution is 2.07. The van der Waals surface area contributed by atoms with Crippen molar-refractivity contribution >= 4 is 6.29 Å². The largest absolute Gasteiger partial charge is 0.298 e. The third kappa shape index (κ3) is 2.51. The van der Waals surface area contributed by atoms with Crippen LogP contribution in [0.1, 0.15) is 27.3 Å². The Morgan fingerprint density at radius 2 is 1.75 bits per heavy atom. The zero-order chi connectivity index (χ0) is 11.4. The minimum absolute atomic E-state index is 0.507. The second-order valence-electron chi connectivity index (χ2n) is 3.71. The van der Waals surface area contributed by atoms with Gasteiger partial charge in [0.15, 0.2) is 6.29 Å². The highest BCUT2D eigenvalue weighted by molar-refractivity contribution is 5.73. The summed E-state index contributed by atoms with van der Waals surface area (Å²) < 4.78 is 0. The van der Waals surface area contributed by atoms with Crippen molar-refractivity contribution in [2.45, 2.75) is 13.3 Å². The lowest BCUT2D eigenvalue weighted by atomic mass is 10.1. The Morgan fingerprint density at radius 1 is 1.12 bits per heavy atom. The van der Waals surface area contributed by atoms with E-state index in [0.717, 1.165) is 12.1 Å². The number of carbonyl (C=O) groups is 1. The molecule has 3 heteroatoms. The topological polar surface area (TPSA) is 42.9 Å². The van der Waals surface area contributed by atoms with Crippen molar-refractivity contribution in [3.05, 3.63) is 59.2 Å². The summed E-state index contributed by atoms with van der Waals surface area (Å²) in [7, 11) is 0. The Morgan fingerprint density at radius 3 is 2.31 bits per heavy atom. The summed E-state index contributed by atoms with van der Waals surface area (Å²) in [4.78, 5) is 18.7. The number of rotatable bonds is 3. The fourth-order valence-electron chi connectivity index (χ4n) is 1.41. The van der Waals surface area contributed by atoms with E-state index in [1.54, 1.807) is 12.4 Å². The molecule has 0 saturated heterocycles. The molecule has 0 saturated carbocycles. The van der Waals surface area contributed by atoms with Crippen LogP contribution in [0.2, 0.25) is 0 Å². The van der Waals surface area contributed by atoms with Crippen LogP contribution in [0.4, 0.5) is 0 Å². The number of nitrogens with zero attached hydrogens (tertiary/aromatic N) is 2. The minimum Gasteiger partial charge on any atom is -0.298 e.